The number of hydrogen-bond acceptors (Lipinski definition) is 4. The molecule has 0 saturated carbocycles. The van der Waals surface area contributed by atoms with Crippen molar-refractivity contribution in [2.24, 2.45) is 0 Å². The molecule has 2 rings (SSSR count). The third-order valence-corrected chi connectivity index (χ3v) is 2.22. The van der Waals surface area contributed by atoms with Crippen LogP contribution in [0.4, 0.5) is 0 Å². The van der Waals surface area contributed by atoms with Crippen LogP contribution in [-0.2, 0) is 0 Å². The zero-order chi connectivity index (χ0) is 7.68. The first-order valence-corrected chi connectivity index (χ1v) is 3.96. The summed E-state index contributed by atoms with van der Waals surface area (Å²) in [5.74, 6) is 0. The Kier molecular flexibility index (Phi) is 1.43. The summed E-state index contributed by atoms with van der Waals surface area (Å²) in [5, 5.41) is 11.2. The van der Waals surface area contributed by atoms with Crippen LogP contribution in [0.15, 0.2) is 12.4 Å². The lowest BCUT2D eigenvalue weighted by Gasteiger charge is -1.81. The Morgan fingerprint density at radius 3 is 2.91 bits per heavy atom. The van der Waals surface area contributed by atoms with Crippen molar-refractivity contribution in [2.75, 3.05) is 0 Å². The standard InChI is InChI=1S/C6H6N4S/c1-4-7-3-6(11-4)5-2-8-10-9-5/h2-3H,1H3,(H,8,9,10). The fourth-order valence-electron chi connectivity index (χ4n) is 0.800. The maximum absolute atomic E-state index is 4.11. The largest absolute Gasteiger partial charge is 0.249 e. The maximum Gasteiger partial charge on any atom is 0.124 e. The number of rotatable bonds is 1. The first-order valence-electron chi connectivity index (χ1n) is 3.15. The minimum Gasteiger partial charge on any atom is -0.249 e. The molecular weight excluding hydrogens is 160 g/mol. The van der Waals surface area contributed by atoms with Gasteiger partial charge in [-0.15, -0.1) is 11.3 Å². The SMILES string of the molecule is Cc1ncc(-c2cn[nH]n2)s1. The van der Waals surface area contributed by atoms with Crippen molar-refractivity contribution in [3.05, 3.63) is 17.4 Å². The number of aryl methyl sites for hydroxylation is 1. The van der Waals surface area contributed by atoms with Crippen molar-refractivity contribution in [1.82, 2.24) is 20.4 Å². The molecule has 11 heavy (non-hydrogen) atoms. The lowest BCUT2D eigenvalue weighted by atomic mass is 10.4. The molecule has 0 spiro atoms. The van der Waals surface area contributed by atoms with E-state index in [9.17, 15) is 0 Å². The van der Waals surface area contributed by atoms with Gasteiger partial charge in [-0.2, -0.15) is 15.4 Å². The van der Waals surface area contributed by atoms with Gasteiger partial charge >= 0.3 is 0 Å². The van der Waals surface area contributed by atoms with Crippen LogP contribution in [0.3, 0.4) is 0 Å². The normalized spacial score (nSPS) is 10.3. The molecule has 0 saturated heterocycles. The molecule has 0 aliphatic carbocycles. The monoisotopic (exact) mass is 166 g/mol. The van der Waals surface area contributed by atoms with Gasteiger partial charge in [0.05, 0.1) is 16.1 Å². The fourth-order valence-corrected chi connectivity index (χ4v) is 1.53. The highest BCUT2D eigenvalue weighted by molar-refractivity contribution is 7.15. The molecule has 2 aromatic rings. The Bertz CT molecular complexity index is 337. The molecule has 4 nitrogen and oxygen atoms in total. The highest BCUT2D eigenvalue weighted by atomic mass is 32.1. The van der Waals surface area contributed by atoms with Crippen molar-refractivity contribution in [3.63, 3.8) is 0 Å². The summed E-state index contributed by atoms with van der Waals surface area (Å²) in [7, 11) is 0. The number of nitrogens with one attached hydrogen (secondary N) is 1. The van der Waals surface area contributed by atoms with E-state index >= 15 is 0 Å². The zero-order valence-corrected chi connectivity index (χ0v) is 6.72. The summed E-state index contributed by atoms with van der Waals surface area (Å²) < 4.78 is 0. The number of thiazole rings is 1. The fraction of sp³-hybridized carbons (Fsp3) is 0.167. The summed E-state index contributed by atoms with van der Waals surface area (Å²) in [6.07, 6.45) is 3.49. The van der Waals surface area contributed by atoms with Crippen LogP contribution in [0.1, 0.15) is 5.01 Å². The second-order valence-corrected chi connectivity index (χ2v) is 3.33. The topological polar surface area (TPSA) is 54.5 Å². The zero-order valence-electron chi connectivity index (χ0n) is 5.90. The molecule has 0 amide bonds. The molecule has 2 heterocycles. The number of nitrogens with zero attached hydrogens (tertiary/aromatic N) is 3. The van der Waals surface area contributed by atoms with Crippen LogP contribution in [0.2, 0.25) is 0 Å². The second-order valence-electron chi connectivity index (χ2n) is 2.10. The summed E-state index contributed by atoms with van der Waals surface area (Å²) in [6, 6.07) is 0. The smallest absolute Gasteiger partial charge is 0.124 e. The van der Waals surface area contributed by atoms with Crippen LogP contribution in [0, 0.1) is 6.92 Å². The van der Waals surface area contributed by atoms with Gasteiger partial charge in [0.15, 0.2) is 0 Å². The summed E-state index contributed by atoms with van der Waals surface area (Å²) in [5.41, 5.74) is 0.857. The molecule has 1 N–H and O–H groups in total. The van der Waals surface area contributed by atoms with E-state index in [4.69, 9.17) is 0 Å². The third-order valence-electron chi connectivity index (χ3n) is 1.29. The van der Waals surface area contributed by atoms with E-state index in [1.54, 1.807) is 23.7 Å². The van der Waals surface area contributed by atoms with Crippen LogP contribution < -0.4 is 0 Å². The Morgan fingerprint density at radius 2 is 2.36 bits per heavy atom. The Hall–Kier alpha value is -1.23. The molecule has 0 aliphatic rings. The molecule has 0 aliphatic heterocycles. The predicted molar refractivity (Wildman–Crippen MR) is 42.2 cm³/mol. The van der Waals surface area contributed by atoms with E-state index in [2.05, 4.69) is 20.4 Å². The van der Waals surface area contributed by atoms with Gasteiger partial charge in [-0.1, -0.05) is 0 Å². The van der Waals surface area contributed by atoms with Gasteiger partial charge in [0.2, 0.25) is 0 Å². The summed E-state index contributed by atoms with van der Waals surface area (Å²) in [6.45, 7) is 1.97. The van der Waals surface area contributed by atoms with E-state index in [0.29, 0.717) is 0 Å². The van der Waals surface area contributed by atoms with Crippen LogP contribution in [0.25, 0.3) is 10.6 Å². The molecule has 0 bridgehead atoms. The number of aromatic nitrogens is 4. The van der Waals surface area contributed by atoms with Gasteiger partial charge in [-0.05, 0) is 6.92 Å². The molecule has 0 unspecified atom stereocenters. The molecule has 0 aromatic carbocycles. The molecule has 5 heteroatoms. The van der Waals surface area contributed by atoms with E-state index in [0.717, 1.165) is 15.6 Å². The predicted octanol–water partition coefficient (Wildman–Crippen LogP) is 1.24. The second kappa shape index (κ2) is 2.43. The van der Waals surface area contributed by atoms with Crippen LogP contribution in [-0.4, -0.2) is 20.4 Å². The minimum absolute atomic E-state index is 0.857. The van der Waals surface area contributed by atoms with E-state index < -0.39 is 0 Å². The highest BCUT2D eigenvalue weighted by Gasteiger charge is 2.02. The highest BCUT2D eigenvalue weighted by Crippen LogP contribution is 2.22. The number of aromatic amines is 1. The lowest BCUT2D eigenvalue weighted by molar-refractivity contribution is 0.942. The quantitative estimate of drug-likeness (QED) is 0.693. The average Bonchev–Trinajstić information content (AvgIpc) is 2.55. The van der Waals surface area contributed by atoms with Gasteiger partial charge in [0.1, 0.15) is 5.69 Å². The summed E-state index contributed by atoms with van der Waals surface area (Å²) in [4.78, 5) is 5.16. The van der Waals surface area contributed by atoms with Gasteiger partial charge in [0, 0.05) is 6.20 Å². The maximum atomic E-state index is 4.11. The van der Waals surface area contributed by atoms with Crippen molar-refractivity contribution < 1.29 is 0 Å². The van der Waals surface area contributed by atoms with Crippen molar-refractivity contribution in [3.8, 4) is 10.6 Å². The molecule has 56 valence electrons. The number of hydrogen-bond donors (Lipinski definition) is 1. The van der Waals surface area contributed by atoms with Crippen molar-refractivity contribution >= 4 is 11.3 Å². The van der Waals surface area contributed by atoms with Crippen LogP contribution >= 0.6 is 11.3 Å². The van der Waals surface area contributed by atoms with E-state index in [1.165, 1.54) is 0 Å². The Labute approximate surface area is 67.3 Å². The van der Waals surface area contributed by atoms with Gasteiger partial charge in [0.25, 0.3) is 0 Å². The number of H-pyrrole nitrogens is 1. The molecule has 0 fully saturated rings. The third kappa shape index (κ3) is 1.14. The molecular formula is C6H6N4S. The minimum atomic E-state index is 0.857. The van der Waals surface area contributed by atoms with Crippen molar-refractivity contribution in [1.29, 1.82) is 0 Å². The lowest BCUT2D eigenvalue weighted by Crippen LogP contribution is -1.70. The molecule has 2 aromatic heterocycles. The first kappa shape index (κ1) is 6.48. The van der Waals surface area contributed by atoms with E-state index in [1.807, 2.05) is 6.92 Å². The average molecular weight is 166 g/mol. The Morgan fingerprint density at radius 1 is 1.45 bits per heavy atom. The van der Waals surface area contributed by atoms with Crippen molar-refractivity contribution in [2.45, 2.75) is 6.92 Å². The van der Waals surface area contributed by atoms with E-state index in [-0.39, 0.29) is 0 Å². The summed E-state index contributed by atoms with van der Waals surface area (Å²) >= 11 is 1.61. The van der Waals surface area contributed by atoms with Crippen LogP contribution in [0.5, 0.6) is 0 Å². The molecule has 0 atom stereocenters. The van der Waals surface area contributed by atoms with Gasteiger partial charge < -0.3 is 0 Å². The molecule has 0 radical (unpaired) electrons. The Balaban J connectivity index is 2.45. The first-order chi connectivity index (χ1) is 5.36. The van der Waals surface area contributed by atoms with Gasteiger partial charge in [-0.3, -0.25) is 0 Å². The van der Waals surface area contributed by atoms with Gasteiger partial charge in [-0.25, -0.2) is 4.98 Å².